The Balaban J connectivity index is 2.08. The van der Waals surface area contributed by atoms with Crippen LogP contribution < -0.4 is 0 Å². The topological polar surface area (TPSA) is 25.2 Å². The summed E-state index contributed by atoms with van der Waals surface area (Å²) in [5.41, 5.74) is 0.741. The third kappa shape index (κ3) is 2.43. The summed E-state index contributed by atoms with van der Waals surface area (Å²) in [5, 5.41) is 0. The van der Waals surface area contributed by atoms with Gasteiger partial charge in [0.2, 0.25) is 0 Å². The van der Waals surface area contributed by atoms with E-state index in [4.69, 9.17) is 0 Å². The number of amides is 1. The van der Waals surface area contributed by atoms with Crippen LogP contribution in [0.4, 0.5) is 0 Å². The minimum atomic E-state index is 0.107. The minimum absolute atomic E-state index is 0.107. The Morgan fingerprint density at radius 2 is 2.33 bits per heavy atom. The molecule has 1 saturated carbocycles. The molecule has 1 aromatic heterocycles. The molecule has 82 valence electrons. The molecule has 3 nitrogen and oxygen atoms in total. The van der Waals surface area contributed by atoms with E-state index in [-0.39, 0.29) is 5.91 Å². The highest BCUT2D eigenvalue weighted by molar-refractivity contribution is 9.10. The Labute approximate surface area is 98.2 Å². The molecule has 0 saturated heterocycles. The van der Waals surface area contributed by atoms with Crippen LogP contribution in [0, 0.1) is 5.92 Å². The molecule has 0 atom stereocenters. The number of aryl methyl sites for hydroxylation is 1. The zero-order valence-corrected chi connectivity index (χ0v) is 10.6. The first kappa shape index (κ1) is 10.7. The second-order valence-corrected chi connectivity index (χ2v) is 5.20. The monoisotopic (exact) mass is 270 g/mol. The summed E-state index contributed by atoms with van der Waals surface area (Å²) in [7, 11) is 3.77. The summed E-state index contributed by atoms with van der Waals surface area (Å²) in [5.74, 6) is 0.845. The Kier molecular flexibility index (Phi) is 2.87. The van der Waals surface area contributed by atoms with Gasteiger partial charge in [0.15, 0.2) is 0 Å². The van der Waals surface area contributed by atoms with E-state index in [2.05, 4.69) is 15.9 Å². The maximum Gasteiger partial charge on any atom is 0.270 e. The number of halogens is 1. The van der Waals surface area contributed by atoms with Gasteiger partial charge in [-0.15, -0.1) is 0 Å². The number of rotatable bonds is 3. The van der Waals surface area contributed by atoms with Crippen molar-refractivity contribution in [2.45, 2.75) is 12.8 Å². The molecule has 2 rings (SSSR count). The summed E-state index contributed by atoms with van der Waals surface area (Å²) >= 11 is 3.37. The third-order valence-electron chi connectivity index (χ3n) is 2.77. The van der Waals surface area contributed by atoms with Gasteiger partial charge in [-0.3, -0.25) is 4.79 Å². The van der Waals surface area contributed by atoms with E-state index in [9.17, 15) is 4.79 Å². The fraction of sp³-hybridized carbons (Fsp3) is 0.545. The quantitative estimate of drug-likeness (QED) is 0.827. The first-order valence-electron chi connectivity index (χ1n) is 5.15. The molecule has 0 unspecified atom stereocenters. The van der Waals surface area contributed by atoms with Crippen LogP contribution in [0.25, 0.3) is 0 Å². The lowest BCUT2D eigenvalue weighted by atomic mass is 10.3. The van der Waals surface area contributed by atoms with E-state index in [1.807, 2.05) is 35.8 Å². The first-order chi connectivity index (χ1) is 7.08. The SMILES string of the molecule is CN(CC1CC1)C(=O)c1cc(Br)cn1C. The molecule has 1 aliphatic carbocycles. The van der Waals surface area contributed by atoms with Crippen molar-refractivity contribution in [2.24, 2.45) is 13.0 Å². The predicted octanol–water partition coefficient (Wildman–Crippen LogP) is 2.27. The van der Waals surface area contributed by atoms with E-state index in [0.717, 1.165) is 22.6 Å². The lowest BCUT2D eigenvalue weighted by Crippen LogP contribution is -2.30. The molecule has 1 amide bonds. The maximum absolute atomic E-state index is 12.0. The minimum Gasteiger partial charge on any atom is -0.345 e. The van der Waals surface area contributed by atoms with E-state index < -0.39 is 0 Å². The van der Waals surface area contributed by atoms with Crippen LogP contribution in [-0.4, -0.2) is 29.0 Å². The fourth-order valence-corrected chi connectivity index (χ4v) is 2.23. The molecular formula is C11H15BrN2O. The number of nitrogens with zero attached hydrogens (tertiary/aromatic N) is 2. The average molecular weight is 271 g/mol. The van der Waals surface area contributed by atoms with Crippen LogP contribution in [0.1, 0.15) is 23.3 Å². The number of carbonyl (C=O) groups is 1. The molecule has 0 radical (unpaired) electrons. The second-order valence-electron chi connectivity index (χ2n) is 4.28. The van der Waals surface area contributed by atoms with Gasteiger partial charge < -0.3 is 9.47 Å². The summed E-state index contributed by atoms with van der Waals surface area (Å²) in [6, 6.07) is 1.87. The summed E-state index contributed by atoms with van der Waals surface area (Å²) in [4.78, 5) is 13.8. The van der Waals surface area contributed by atoms with Crippen LogP contribution in [0.15, 0.2) is 16.7 Å². The molecule has 1 heterocycles. The van der Waals surface area contributed by atoms with E-state index in [1.165, 1.54) is 12.8 Å². The van der Waals surface area contributed by atoms with Crippen LogP contribution in [0.2, 0.25) is 0 Å². The zero-order valence-electron chi connectivity index (χ0n) is 9.03. The highest BCUT2D eigenvalue weighted by atomic mass is 79.9. The second kappa shape index (κ2) is 4.00. The van der Waals surface area contributed by atoms with Crippen LogP contribution in [0.3, 0.4) is 0 Å². The van der Waals surface area contributed by atoms with Gasteiger partial charge in [-0.25, -0.2) is 0 Å². The van der Waals surface area contributed by atoms with Crippen molar-refractivity contribution in [3.63, 3.8) is 0 Å². The molecule has 0 N–H and O–H groups in total. The number of hydrogen-bond donors (Lipinski definition) is 0. The highest BCUT2D eigenvalue weighted by Gasteiger charge is 2.26. The third-order valence-corrected chi connectivity index (χ3v) is 3.20. The highest BCUT2D eigenvalue weighted by Crippen LogP contribution is 2.29. The fourth-order valence-electron chi connectivity index (χ4n) is 1.70. The van der Waals surface area contributed by atoms with Gasteiger partial charge in [-0.2, -0.15) is 0 Å². The molecular weight excluding hydrogens is 256 g/mol. The lowest BCUT2D eigenvalue weighted by Gasteiger charge is -2.16. The van der Waals surface area contributed by atoms with E-state index >= 15 is 0 Å². The predicted molar refractivity (Wildman–Crippen MR) is 62.8 cm³/mol. The van der Waals surface area contributed by atoms with Crippen LogP contribution >= 0.6 is 15.9 Å². The number of carbonyl (C=O) groups excluding carboxylic acids is 1. The molecule has 4 heteroatoms. The van der Waals surface area contributed by atoms with Crippen molar-refractivity contribution in [3.05, 3.63) is 22.4 Å². The van der Waals surface area contributed by atoms with Crippen molar-refractivity contribution in [3.8, 4) is 0 Å². The summed E-state index contributed by atoms with van der Waals surface area (Å²) in [6.45, 7) is 0.891. The maximum atomic E-state index is 12.0. The van der Waals surface area contributed by atoms with Gasteiger partial charge in [0.05, 0.1) is 0 Å². The van der Waals surface area contributed by atoms with Crippen molar-refractivity contribution in [2.75, 3.05) is 13.6 Å². The van der Waals surface area contributed by atoms with Crippen molar-refractivity contribution >= 4 is 21.8 Å². The summed E-state index contributed by atoms with van der Waals surface area (Å²) < 4.78 is 2.81. The molecule has 0 spiro atoms. The zero-order chi connectivity index (χ0) is 11.0. The lowest BCUT2D eigenvalue weighted by molar-refractivity contribution is 0.0779. The van der Waals surface area contributed by atoms with Gasteiger partial charge in [-0.05, 0) is 40.8 Å². The van der Waals surface area contributed by atoms with Crippen molar-refractivity contribution < 1.29 is 4.79 Å². The van der Waals surface area contributed by atoms with Gasteiger partial charge >= 0.3 is 0 Å². The Morgan fingerprint density at radius 1 is 1.67 bits per heavy atom. The van der Waals surface area contributed by atoms with Crippen LogP contribution in [0.5, 0.6) is 0 Å². The van der Waals surface area contributed by atoms with Crippen LogP contribution in [-0.2, 0) is 7.05 Å². The average Bonchev–Trinajstić information content (AvgIpc) is 2.90. The molecule has 0 aromatic carbocycles. The number of hydrogen-bond acceptors (Lipinski definition) is 1. The smallest absolute Gasteiger partial charge is 0.270 e. The largest absolute Gasteiger partial charge is 0.345 e. The van der Waals surface area contributed by atoms with E-state index in [0.29, 0.717) is 0 Å². The Bertz CT molecular complexity index is 382. The molecule has 1 aliphatic rings. The van der Waals surface area contributed by atoms with Crippen molar-refractivity contribution in [1.29, 1.82) is 0 Å². The first-order valence-corrected chi connectivity index (χ1v) is 5.94. The molecule has 0 aliphatic heterocycles. The Morgan fingerprint density at radius 3 is 2.80 bits per heavy atom. The molecule has 0 bridgehead atoms. The van der Waals surface area contributed by atoms with E-state index in [1.54, 1.807) is 0 Å². The number of aromatic nitrogens is 1. The Hall–Kier alpha value is -0.770. The molecule has 1 aromatic rings. The normalized spacial score (nSPS) is 15.4. The van der Waals surface area contributed by atoms with Gasteiger partial charge in [-0.1, -0.05) is 0 Å². The molecule has 1 fully saturated rings. The molecule has 15 heavy (non-hydrogen) atoms. The summed E-state index contributed by atoms with van der Waals surface area (Å²) in [6.07, 6.45) is 4.45. The van der Waals surface area contributed by atoms with Gasteiger partial charge in [0.1, 0.15) is 5.69 Å². The standard InChI is InChI=1S/C11H15BrN2O/c1-13-7-9(12)5-10(13)11(15)14(2)6-8-3-4-8/h5,7-8H,3-4,6H2,1-2H3. The van der Waals surface area contributed by atoms with Gasteiger partial charge in [0.25, 0.3) is 5.91 Å². The van der Waals surface area contributed by atoms with Crippen molar-refractivity contribution in [1.82, 2.24) is 9.47 Å². The van der Waals surface area contributed by atoms with Gasteiger partial charge in [0, 0.05) is 31.3 Å².